The first kappa shape index (κ1) is 18.4. The molecule has 0 bridgehead atoms. The Labute approximate surface area is 152 Å². The van der Waals surface area contributed by atoms with E-state index in [1.807, 2.05) is 5.38 Å². The van der Waals surface area contributed by atoms with Crippen LogP contribution in [0.2, 0.25) is 0 Å². The normalized spacial score (nSPS) is 22.9. The van der Waals surface area contributed by atoms with Crippen LogP contribution in [-0.4, -0.2) is 55.9 Å². The van der Waals surface area contributed by atoms with Gasteiger partial charge in [-0.2, -0.15) is 0 Å². The maximum atomic E-state index is 12.5. The van der Waals surface area contributed by atoms with Crippen LogP contribution in [0.5, 0.6) is 0 Å². The van der Waals surface area contributed by atoms with Crippen molar-refractivity contribution in [3.05, 3.63) is 21.4 Å². The van der Waals surface area contributed by atoms with Crippen LogP contribution in [0.4, 0.5) is 0 Å². The van der Waals surface area contributed by atoms with Gasteiger partial charge >= 0.3 is 5.97 Å². The minimum Gasteiger partial charge on any atom is -0.449 e. The fourth-order valence-corrected chi connectivity index (χ4v) is 6.38. The second-order valence-electron chi connectivity index (χ2n) is 6.81. The van der Waals surface area contributed by atoms with Crippen molar-refractivity contribution >= 4 is 33.1 Å². The number of esters is 1. The molecular formula is C17H23NO5S2. The summed E-state index contributed by atoms with van der Waals surface area (Å²) in [6.07, 6.45) is 3.60. The summed E-state index contributed by atoms with van der Waals surface area (Å²) in [6, 6.07) is -0.340. The highest BCUT2D eigenvalue weighted by atomic mass is 32.2. The van der Waals surface area contributed by atoms with Crippen molar-refractivity contribution in [1.29, 1.82) is 0 Å². The van der Waals surface area contributed by atoms with E-state index in [2.05, 4.69) is 0 Å². The van der Waals surface area contributed by atoms with Gasteiger partial charge in [-0.15, -0.1) is 11.3 Å². The van der Waals surface area contributed by atoms with Gasteiger partial charge in [-0.05, 0) is 44.6 Å². The minimum atomic E-state index is -3.07. The molecular weight excluding hydrogens is 362 g/mol. The van der Waals surface area contributed by atoms with E-state index in [1.165, 1.54) is 9.78 Å². The first-order chi connectivity index (χ1) is 11.8. The van der Waals surface area contributed by atoms with Crippen LogP contribution in [0.1, 0.15) is 47.0 Å². The summed E-state index contributed by atoms with van der Waals surface area (Å²) in [5, 5.41) is 1.82. The molecule has 8 heteroatoms. The van der Waals surface area contributed by atoms with Crippen molar-refractivity contribution in [2.75, 3.05) is 18.6 Å². The van der Waals surface area contributed by atoms with E-state index in [4.69, 9.17) is 4.74 Å². The molecule has 138 valence electrons. The van der Waals surface area contributed by atoms with Gasteiger partial charge in [0, 0.05) is 23.3 Å². The Morgan fingerprint density at radius 2 is 2.04 bits per heavy atom. The van der Waals surface area contributed by atoms with Gasteiger partial charge in [-0.1, -0.05) is 0 Å². The topological polar surface area (TPSA) is 80.8 Å². The molecule has 3 rings (SSSR count). The number of sulfone groups is 1. The Morgan fingerprint density at radius 1 is 1.32 bits per heavy atom. The first-order valence-corrected chi connectivity index (χ1v) is 11.3. The van der Waals surface area contributed by atoms with Gasteiger partial charge in [0.2, 0.25) is 0 Å². The molecule has 1 aliphatic heterocycles. The van der Waals surface area contributed by atoms with E-state index in [0.717, 1.165) is 31.2 Å². The number of amides is 1. The number of rotatable bonds is 4. The summed E-state index contributed by atoms with van der Waals surface area (Å²) in [5.74, 6) is -0.745. The third kappa shape index (κ3) is 3.89. The monoisotopic (exact) mass is 385 g/mol. The lowest BCUT2D eigenvalue weighted by Crippen LogP contribution is -2.44. The summed E-state index contributed by atoms with van der Waals surface area (Å²) in [5.41, 5.74) is 1.64. The molecule has 6 nitrogen and oxygen atoms in total. The molecule has 2 atom stereocenters. The molecule has 1 aromatic heterocycles. The number of aryl methyl sites for hydroxylation is 1. The van der Waals surface area contributed by atoms with Crippen molar-refractivity contribution in [2.45, 2.75) is 51.2 Å². The lowest BCUT2D eigenvalue weighted by Gasteiger charge is -2.26. The third-order valence-corrected chi connectivity index (χ3v) is 7.86. The quantitative estimate of drug-likeness (QED) is 0.739. The number of fused-ring (bicyclic) bond motifs is 1. The fourth-order valence-electron chi connectivity index (χ4n) is 3.49. The molecule has 1 fully saturated rings. The van der Waals surface area contributed by atoms with Crippen LogP contribution in [0, 0.1) is 0 Å². The van der Waals surface area contributed by atoms with Crippen LogP contribution in [0.15, 0.2) is 5.38 Å². The SMILES string of the molecule is C[C@@H](OC(=O)c1csc2c1CCCC2)C(=O)N(C)[C@@H]1CCS(=O)(=O)C1. The highest BCUT2D eigenvalue weighted by molar-refractivity contribution is 7.91. The Balaban J connectivity index is 1.63. The van der Waals surface area contributed by atoms with E-state index in [9.17, 15) is 18.0 Å². The zero-order valence-corrected chi connectivity index (χ0v) is 16.1. The number of ether oxygens (including phenoxy) is 1. The number of nitrogens with zero attached hydrogens (tertiary/aromatic N) is 1. The number of hydrogen-bond donors (Lipinski definition) is 0. The maximum Gasteiger partial charge on any atom is 0.340 e. The molecule has 0 aromatic carbocycles. The highest BCUT2D eigenvalue weighted by Gasteiger charge is 2.35. The Morgan fingerprint density at radius 3 is 2.72 bits per heavy atom. The van der Waals surface area contributed by atoms with Crippen molar-refractivity contribution in [3.8, 4) is 0 Å². The minimum absolute atomic E-state index is 0.0199. The summed E-state index contributed by atoms with van der Waals surface area (Å²) in [7, 11) is -1.49. The number of carbonyl (C=O) groups excluding carboxylic acids is 2. The number of thiophene rings is 1. The summed E-state index contributed by atoms with van der Waals surface area (Å²) in [4.78, 5) is 27.6. The molecule has 1 saturated heterocycles. The second-order valence-corrected chi connectivity index (χ2v) is 10.0. The highest BCUT2D eigenvalue weighted by Crippen LogP contribution is 2.31. The van der Waals surface area contributed by atoms with Crippen LogP contribution in [0.25, 0.3) is 0 Å². The first-order valence-electron chi connectivity index (χ1n) is 8.56. The second kappa shape index (κ2) is 7.07. The summed E-state index contributed by atoms with van der Waals surface area (Å²) < 4.78 is 28.6. The Kier molecular flexibility index (Phi) is 5.20. The van der Waals surface area contributed by atoms with Crippen LogP contribution < -0.4 is 0 Å². The van der Waals surface area contributed by atoms with Crippen molar-refractivity contribution < 1.29 is 22.7 Å². The molecule has 25 heavy (non-hydrogen) atoms. The van der Waals surface area contributed by atoms with Gasteiger partial charge in [0.05, 0.1) is 17.1 Å². The Bertz CT molecular complexity index is 783. The predicted molar refractivity (Wildman–Crippen MR) is 95.7 cm³/mol. The van der Waals surface area contributed by atoms with Gasteiger partial charge in [-0.3, -0.25) is 4.79 Å². The average Bonchev–Trinajstić information content (AvgIpc) is 3.16. The molecule has 0 saturated carbocycles. The molecule has 2 aliphatic rings. The zero-order chi connectivity index (χ0) is 18.2. The maximum absolute atomic E-state index is 12.5. The number of hydrogen-bond acceptors (Lipinski definition) is 6. The third-order valence-electron chi connectivity index (χ3n) is 5.02. The van der Waals surface area contributed by atoms with Crippen LogP contribution >= 0.6 is 11.3 Å². The largest absolute Gasteiger partial charge is 0.449 e. The molecule has 0 spiro atoms. The number of carbonyl (C=O) groups is 2. The lowest BCUT2D eigenvalue weighted by atomic mass is 9.96. The summed E-state index contributed by atoms with van der Waals surface area (Å²) in [6.45, 7) is 1.54. The van der Waals surface area contributed by atoms with E-state index in [0.29, 0.717) is 12.0 Å². The number of likely N-dealkylation sites (N-methyl/N-ethyl adjacent to an activating group) is 1. The molecule has 1 amide bonds. The van der Waals surface area contributed by atoms with E-state index in [-0.39, 0.29) is 23.5 Å². The molecule has 0 N–H and O–H groups in total. The summed E-state index contributed by atoms with van der Waals surface area (Å²) >= 11 is 1.58. The van der Waals surface area contributed by atoms with Crippen molar-refractivity contribution in [1.82, 2.24) is 4.90 Å². The van der Waals surface area contributed by atoms with Crippen molar-refractivity contribution in [2.24, 2.45) is 0 Å². The zero-order valence-electron chi connectivity index (χ0n) is 14.5. The van der Waals surface area contributed by atoms with E-state index >= 15 is 0 Å². The lowest BCUT2D eigenvalue weighted by molar-refractivity contribution is -0.140. The fraction of sp³-hybridized carbons (Fsp3) is 0.647. The van der Waals surface area contributed by atoms with Crippen LogP contribution in [-0.2, 0) is 32.2 Å². The van der Waals surface area contributed by atoms with Crippen LogP contribution in [0.3, 0.4) is 0 Å². The van der Waals surface area contributed by atoms with Gasteiger partial charge in [0.25, 0.3) is 5.91 Å². The molecule has 1 aromatic rings. The smallest absolute Gasteiger partial charge is 0.340 e. The molecule has 2 heterocycles. The van der Waals surface area contributed by atoms with Gasteiger partial charge < -0.3 is 9.64 Å². The molecule has 0 radical (unpaired) electrons. The molecule has 0 unspecified atom stereocenters. The van der Waals surface area contributed by atoms with Gasteiger partial charge in [0.1, 0.15) is 0 Å². The van der Waals surface area contributed by atoms with E-state index < -0.39 is 21.9 Å². The Hall–Kier alpha value is -1.41. The average molecular weight is 386 g/mol. The van der Waals surface area contributed by atoms with Gasteiger partial charge in [0.15, 0.2) is 15.9 Å². The van der Waals surface area contributed by atoms with Crippen molar-refractivity contribution in [3.63, 3.8) is 0 Å². The molecule has 1 aliphatic carbocycles. The van der Waals surface area contributed by atoms with E-state index in [1.54, 1.807) is 25.3 Å². The predicted octanol–water partition coefficient (Wildman–Crippen LogP) is 1.82. The van der Waals surface area contributed by atoms with Gasteiger partial charge in [-0.25, -0.2) is 13.2 Å². The standard InChI is InChI=1S/C17H23NO5S2/c1-11(16(19)18(2)12-7-8-25(21,22)10-12)23-17(20)14-9-24-15-6-4-3-5-13(14)15/h9,11-12H,3-8,10H2,1-2H3/t11-,12-/m1/s1.